The van der Waals surface area contributed by atoms with E-state index in [9.17, 15) is 4.79 Å². The maximum absolute atomic E-state index is 10.0. The topological polar surface area (TPSA) is 81.6 Å². The summed E-state index contributed by atoms with van der Waals surface area (Å²) in [5.41, 5.74) is 0. The van der Waals surface area contributed by atoms with Crippen molar-refractivity contribution in [2.45, 2.75) is 19.4 Å². The van der Waals surface area contributed by atoms with Gasteiger partial charge in [0.1, 0.15) is 0 Å². The Morgan fingerprint density at radius 1 is 1.75 bits per heavy atom. The molecular weight excluding hydrogens is 160 g/mol. The van der Waals surface area contributed by atoms with Crippen LogP contribution in [0.2, 0.25) is 0 Å². The van der Waals surface area contributed by atoms with E-state index in [2.05, 4.69) is 10.6 Å². The van der Waals surface area contributed by atoms with Crippen molar-refractivity contribution in [3.05, 3.63) is 0 Å². The van der Waals surface area contributed by atoms with Gasteiger partial charge in [-0.2, -0.15) is 0 Å². The van der Waals surface area contributed by atoms with E-state index in [1.54, 1.807) is 6.92 Å². The highest BCUT2D eigenvalue weighted by molar-refractivity contribution is 5.64. The molecule has 1 rings (SSSR count). The van der Waals surface area contributed by atoms with Crippen LogP contribution in [0.4, 0.5) is 4.79 Å². The first kappa shape index (κ1) is 11.2. The molecule has 5 nitrogen and oxygen atoms in total. The summed E-state index contributed by atoms with van der Waals surface area (Å²) in [7, 11) is 0. The third kappa shape index (κ3) is 5.94. The van der Waals surface area contributed by atoms with Crippen LogP contribution in [0.25, 0.3) is 0 Å². The van der Waals surface area contributed by atoms with Gasteiger partial charge in [-0.25, -0.2) is 4.79 Å². The molecule has 0 unspecified atom stereocenters. The van der Waals surface area contributed by atoms with Crippen molar-refractivity contribution in [3.8, 4) is 0 Å². The summed E-state index contributed by atoms with van der Waals surface area (Å²) in [6.45, 7) is 3.62. The van der Waals surface area contributed by atoms with Crippen molar-refractivity contribution in [2.75, 3.05) is 19.7 Å². The lowest BCUT2D eigenvalue weighted by Crippen LogP contribution is -2.34. The van der Waals surface area contributed by atoms with Gasteiger partial charge in [0.05, 0.1) is 0 Å². The molecule has 5 heteroatoms. The van der Waals surface area contributed by atoms with Gasteiger partial charge in [0.15, 0.2) is 0 Å². The van der Waals surface area contributed by atoms with Gasteiger partial charge in [0.2, 0.25) is 0 Å². The number of rotatable bonds is 1. The Bertz CT molecular complexity index is 124. The first-order chi connectivity index (χ1) is 5.70. The van der Waals surface area contributed by atoms with E-state index >= 15 is 0 Å². The van der Waals surface area contributed by atoms with Crippen LogP contribution in [-0.4, -0.2) is 42.0 Å². The number of carboxylic acid groups (broad SMARTS) is 1. The molecule has 0 spiro atoms. The van der Waals surface area contributed by atoms with Crippen LogP contribution in [0.3, 0.4) is 0 Å². The fraction of sp³-hybridized carbons (Fsp3) is 0.857. The second-order valence-corrected chi connectivity index (χ2v) is 2.46. The largest absolute Gasteiger partial charge is 0.465 e. The number of hydrogen-bond acceptors (Lipinski definition) is 3. The van der Waals surface area contributed by atoms with Gasteiger partial charge in [0, 0.05) is 19.2 Å². The van der Waals surface area contributed by atoms with Crippen LogP contribution in [-0.2, 0) is 0 Å². The lowest BCUT2D eigenvalue weighted by molar-refractivity contribution is 0.190. The predicted octanol–water partition coefficient (Wildman–Crippen LogP) is -0.386. The van der Waals surface area contributed by atoms with Crippen molar-refractivity contribution < 1.29 is 15.0 Å². The zero-order valence-corrected chi connectivity index (χ0v) is 7.21. The van der Waals surface area contributed by atoms with E-state index < -0.39 is 6.09 Å². The molecule has 4 N–H and O–H groups in total. The average molecular weight is 176 g/mol. The van der Waals surface area contributed by atoms with Crippen LogP contribution < -0.4 is 10.6 Å². The number of carbonyl (C=O) groups is 1. The Balaban J connectivity index is 0.000000354. The average Bonchev–Trinajstić information content (AvgIpc) is 2.40. The summed E-state index contributed by atoms with van der Waals surface area (Å²) >= 11 is 0. The molecular formula is C7H16N2O3. The highest BCUT2D eigenvalue weighted by Crippen LogP contribution is 1.95. The Hall–Kier alpha value is -0.810. The molecule has 0 aromatic rings. The molecule has 1 amide bonds. The fourth-order valence-electron chi connectivity index (χ4n) is 0.952. The van der Waals surface area contributed by atoms with E-state index in [0.717, 1.165) is 19.5 Å². The minimum absolute atomic E-state index is 0.127. The molecule has 1 aliphatic heterocycles. The number of aliphatic hydroxyl groups is 1. The monoisotopic (exact) mass is 176 g/mol. The first-order valence-corrected chi connectivity index (χ1v) is 4.01. The molecule has 0 bridgehead atoms. The Labute approximate surface area is 71.8 Å². The van der Waals surface area contributed by atoms with Gasteiger partial charge in [-0.3, -0.25) is 0 Å². The fourth-order valence-corrected chi connectivity index (χ4v) is 0.952. The van der Waals surface area contributed by atoms with Gasteiger partial charge in [-0.05, 0) is 19.9 Å². The van der Waals surface area contributed by atoms with Crippen LogP contribution in [0.1, 0.15) is 13.3 Å². The van der Waals surface area contributed by atoms with Crippen LogP contribution >= 0.6 is 0 Å². The highest BCUT2D eigenvalue weighted by Gasteiger charge is 2.14. The Kier molecular flexibility index (Phi) is 6.41. The summed E-state index contributed by atoms with van der Waals surface area (Å²) in [5, 5.41) is 21.3. The van der Waals surface area contributed by atoms with Crippen molar-refractivity contribution >= 4 is 6.09 Å². The number of aliphatic hydroxyl groups excluding tert-OH is 1. The molecule has 1 aliphatic rings. The predicted molar refractivity (Wildman–Crippen MR) is 45.2 cm³/mol. The molecule has 1 saturated heterocycles. The lowest BCUT2D eigenvalue weighted by atomic mass is 10.3. The van der Waals surface area contributed by atoms with Crippen LogP contribution in [0.15, 0.2) is 0 Å². The van der Waals surface area contributed by atoms with E-state index in [4.69, 9.17) is 10.2 Å². The summed E-state index contributed by atoms with van der Waals surface area (Å²) < 4.78 is 0. The summed E-state index contributed by atoms with van der Waals surface area (Å²) in [6.07, 6.45) is -0.0181. The second-order valence-electron chi connectivity index (χ2n) is 2.46. The van der Waals surface area contributed by atoms with Crippen molar-refractivity contribution in [1.29, 1.82) is 0 Å². The Morgan fingerprint density at radius 3 is 2.67 bits per heavy atom. The zero-order chi connectivity index (χ0) is 9.40. The zero-order valence-electron chi connectivity index (χ0n) is 7.21. The molecule has 0 aromatic carbocycles. The second kappa shape index (κ2) is 6.87. The molecule has 1 atom stereocenters. The quantitative estimate of drug-likeness (QED) is 0.439. The molecule has 12 heavy (non-hydrogen) atoms. The van der Waals surface area contributed by atoms with Gasteiger partial charge in [0.25, 0.3) is 0 Å². The standard InChI is InChI=1S/C5H10N2O2.C2H6O/c8-5(9)7-4-1-2-6-3-4;1-2-3/h4,6-7H,1-3H2,(H,8,9);3H,2H2,1H3/t4-;/m0./s1. The van der Waals surface area contributed by atoms with Gasteiger partial charge >= 0.3 is 6.09 Å². The van der Waals surface area contributed by atoms with E-state index in [0.29, 0.717) is 0 Å². The van der Waals surface area contributed by atoms with Gasteiger partial charge in [-0.1, -0.05) is 0 Å². The van der Waals surface area contributed by atoms with Crippen LogP contribution in [0.5, 0.6) is 0 Å². The third-order valence-electron chi connectivity index (χ3n) is 1.39. The summed E-state index contributed by atoms with van der Waals surface area (Å²) in [5.74, 6) is 0. The molecule has 0 aliphatic carbocycles. The van der Waals surface area contributed by atoms with Gasteiger partial charge in [-0.15, -0.1) is 0 Å². The summed E-state index contributed by atoms with van der Waals surface area (Å²) in [4.78, 5) is 10.0. The molecule has 72 valence electrons. The van der Waals surface area contributed by atoms with Crippen molar-refractivity contribution in [1.82, 2.24) is 10.6 Å². The highest BCUT2D eigenvalue weighted by atomic mass is 16.4. The van der Waals surface area contributed by atoms with Crippen LogP contribution in [0, 0.1) is 0 Å². The number of amides is 1. The summed E-state index contributed by atoms with van der Waals surface area (Å²) in [6, 6.07) is 0.127. The van der Waals surface area contributed by atoms with Crippen molar-refractivity contribution in [3.63, 3.8) is 0 Å². The van der Waals surface area contributed by atoms with E-state index in [1.165, 1.54) is 0 Å². The first-order valence-electron chi connectivity index (χ1n) is 4.01. The molecule has 1 heterocycles. The van der Waals surface area contributed by atoms with Crippen molar-refractivity contribution in [2.24, 2.45) is 0 Å². The molecule has 0 radical (unpaired) electrons. The van der Waals surface area contributed by atoms with Gasteiger partial charge < -0.3 is 20.8 Å². The Morgan fingerprint density at radius 2 is 2.33 bits per heavy atom. The maximum atomic E-state index is 10.0. The van der Waals surface area contributed by atoms with E-state index in [-0.39, 0.29) is 12.6 Å². The number of hydrogen-bond donors (Lipinski definition) is 4. The normalized spacial score (nSPS) is 21.0. The third-order valence-corrected chi connectivity index (χ3v) is 1.39. The minimum Gasteiger partial charge on any atom is -0.465 e. The minimum atomic E-state index is -0.927. The SMILES string of the molecule is CCO.O=C(O)N[C@H]1CCNC1. The molecule has 1 fully saturated rings. The molecule has 0 aromatic heterocycles. The lowest BCUT2D eigenvalue weighted by Gasteiger charge is -2.05. The number of nitrogens with one attached hydrogen (secondary N) is 2. The molecule has 0 saturated carbocycles. The van der Waals surface area contributed by atoms with E-state index in [1.807, 2.05) is 0 Å². The maximum Gasteiger partial charge on any atom is 0.404 e. The smallest absolute Gasteiger partial charge is 0.404 e.